The second kappa shape index (κ2) is 4.91. The Morgan fingerprint density at radius 3 is 2.60 bits per heavy atom. The minimum Gasteiger partial charge on any atom is -0.344 e. The molecule has 1 unspecified atom stereocenters. The molecule has 5 nitrogen and oxygen atoms in total. The minimum absolute atomic E-state index is 0.0139. The molecule has 0 bridgehead atoms. The first-order valence-electron chi connectivity index (χ1n) is 5.04. The number of rotatable bonds is 4. The summed E-state index contributed by atoms with van der Waals surface area (Å²) in [6, 6.07) is -0.394. The summed E-state index contributed by atoms with van der Waals surface area (Å²) < 4.78 is 0. The topological polar surface area (TPSA) is 66.5 Å². The molecule has 1 saturated heterocycles. The van der Waals surface area contributed by atoms with Gasteiger partial charge < -0.3 is 15.0 Å². The Morgan fingerprint density at radius 2 is 2.13 bits per heavy atom. The quantitative estimate of drug-likeness (QED) is 0.696. The summed E-state index contributed by atoms with van der Waals surface area (Å²) in [5.74, 6) is -0.287. The number of likely N-dealkylation sites (tertiary alicyclic amines) is 1. The Morgan fingerprint density at radius 1 is 1.47 bits per heavy atom. The van der Waals surface area contributed by atoms with Crippen molar-refractivity contribution in [1.82, 2.24) is 10.2 Å². The predicted octanol–water partition coefficient (Wildman–Crippen LogP) is -0.297. The first kappa shape index (κ1) is 11.7. The Bertz CT molecular complexity index is 288. The highest BCUT2D eigenvalue weighted by Gasteiger charge is 2.29. The molecule has 0 aromatic carbocycles. The van der Waals surface area contributed by atoms with E-state index in [1.165, 1.54) is 6.92 Å². The Kier molecular flexibility index (Phi) is 3.82. The summed E-state index contributed by atoms with van der Waals surface area (Å²) in [6.45, 7) is 2.12. The molecule has 0 radical (unpaired) electrons. The lowest BCUT2D eigenvalue weighted by Crippen LogP contribution is -2.40. The molecular weight excluding hydrogens is 196 g/mol. The molecule has 0 saturated carbocycles. The molecule has 15 heavy (non-hydrogen) atoms. The monoisotopic (exact) mass is 212 g/mol. The maximum absolute atomic E-state index is 11.4. The van der Waals surface area contributed by atoms with Crippen LogP contribution in [0.1, 0.15) is 26.2 Å². The van der Waals surface area contributed by atoms with Crippen LogP contribution >= 0.6 is 0 Å². The van der Waals surface area contributed by atoms with Crippen molar-refractivity contribution in [3.8, 4) is 0 Å². The lowest BCUT2D eigenvalue weighted by atomic mass is 10.2. The van der Waals surface area contributed by atoms with Crippen LogP contribution in [0.15, 0.2) is 0 Å². The summed E-state index contributed by atoms with van der Waals surface area (Å²) in [7, 11) is 1.71. The molecule has 0 spiro atoms. The number of likely N-dealkylation sites (N-methyl/N-ethyl adjacent to an activating group) is 1. The highest BCUT2D eigenvalue weighted by atomic mass is 16.2. The Hall–Kier alpha value is -1.39. The maximum atomic E-state index is 11.4. The van der Waals surface area contributed by atoms with Crippen LogP contribution in [0.2, 0.25) is 0 Å². The second-order valence-electron chi connectivity index (χ2n) is 3.87. The highest BCUT2D eigenvalue weighted by Crippen LogP contribution is 2.08. The van der Waals surface area contributed by atoms with Gasteiger partial charge in [0.25, 0.3) is 0 Å². The number of Topliss-reactive ketones (excluding diaryl/α,β-unsaturated/α-hetero) is 1. The van der Waals surface area contributed by atoms with Crippen LogP contribution in [-0.4, -0.2) is 42.1 Å². The average Bonchev–Trinajstić information content (AvgIpc) is 2.47. The molecule has 1 aliphatic heterocycles. The first-order chi connectivity index (χ1) is 7.00. The molecule has 2 amide bonds. The summed E-state index contributed by atoms with van der Waals surface area (Å²) in [6.07, 6.45) is 1.06. The lowest BCUT2D eigenvalue weighted by Gasteiger charge is -2.11. The Labute approximate surface area is 88.8 Å². The van der Waals surface area contributed by atoms with Gasteiger partial charge in [0.1, 0.15) is 11.8 Å². The zero-order valence-corrected chi connectivity index (χ0v) is 9.08. The second-order valence-corrected chi connectivity index (χ2v) is 3.87. The fourth-order valence-electron chi connectivity index (χ4n) is 1.51. The molecule has 1 N–H and O–H groups in total. The molecule has 5 heteroatoms. The van der Waals surface area contributed by atoms with Gasteiger partial charge in [0, 0.05) is 26.4 Å². The van der Waals surface area contributed by atoms with Crippen LogP contribution in [0.3, 0.4) is 0 Å². The van der Waals surface area contributed by atoms with Gasteiger partial charge in [-0.15, -0.1) is 0 Å². The van der Waals surface area contributed by atoms with E-state index in [4.69, 9.17) is 0 Å². The third-order valence-electron chi connectivity index (χ3n) is 2.47. The number of hydrogen-bond acceptors (Lipinski definition) is 3. The molecule has 1 rings (SSSR count). The van der Waals surface area contributed by atoms with Crippen molar-refractivity contribution in [3.05, 3.63) is 0 Å². The maximum Gasteiger partial charge on any atom is 0.244 e. The lowest BCUT2D eigenvalue weighted by molar-refractivity contribution is -0.132. The third-order valence-corrected chi connectivity index (χ3v) is 2.47. The van der Waals surface area contributed by atoms with Gasteiger partial charge >= 0.3 is 0 Å². The van der Waals surface area contributed by atoms with Crippen LogP contribution in [0.4, 0.5) is 0 Å². The molecule has 1 aliphatic rings. The van der Waals surface area contributed by atoms with Crippen molar-refractivity contribution in [2.24, 2.45) is 0 Å². The molecule has 0 aliphatic carbocycles. The van der Waals surface area contributed by atoms with E-state index >= 15 is 0 Å². The van der Waals surface area contributed by atoms with Gasteiger partial charge in [-0.25, -0.2) is 0 Å². The minimum atomic E-state index is -0.394. The standard InChI is InChI=1S/C10H16N2O3/c1-7(13)3-4-9(14)11-8-5-6-12(2)10(8)15/h8H,3-6H2,1-2H3,(H,11,14). The number of hydrogen-bond donors (Lipinski definition) is 1. The molecule has 0 aromatic rings. The summed E-state index contributed by atoms with van der Waals surface area (Å²) in [5.41, 5.74) is 0. The predicted molar refractivity (Wildman–Crippen MR) is 54.1 cm³/mol. The van der Waals surface area contributed by atoms with E-state index in [0.717, 1.165) is 0 Å². The van der Waals surface area contributed by atoms with E-state index in [-0.39, 0.29) is 30.4 Å². The van der Waals surface area contributed by atoms with Gasteiger partial charge in [0.05, 0.1) is 0 Å². The normalized spacial score (nSPS) is 20.5. The van der Waals surface area contributed by atoms with Crippen molar-refractivity contribution >= 4 is 17.6 Å². The van der Waals surface area contributed by atoms with Crippen LogP contribution in [0, 0.1) is 0 Å². The van der Waals surface area contributed by atoms with Crippen molar-refractivity contribution in [2.45, 2.75) is 32.2 Å². The van der Waals surface area contributed by atoms with Crippen LogP contribution < -0.4 is 5.32 Å². The summed E-state index contributed by atoms with van der Waals surface area (Å²) in [4.78, 5) is 35.0. The van der Waals surface area contributed by atoms with Gasteiger partial charge in [-0.05, 0) is 13.3 Å². The van der Waals surface area contributed by atoms with Gasteiger partial charge in [-0.3, -0.25) is 9.59 Å². The largest absolute Gasteiger partial charge is 0.344 e. The van der Waals surface area contributed by atoms with Crippen molar-refractivity contribution in [2.75, 3.05) is 13.6 Å². The summed E-state index contributed by atoms with van der Waals surface area (Å²) >= 11 is 0. The molecule has 0 aromatic heterocycles. The smallest absolute Gasteiger partial charge is 0.244 e. The van der Waals surface area contributed by atoms with E-state index in [1.54, 1.807) is 11.9 Å². The first-order valence-corrected chi connectivity index (χ1v) is 5.04. The zero-order chi connectivity index (χ0) is 11.4. The zero-order valence-electron chi connectivity index (χ0n) is 9.08. The van der Waals surface area contributed by atoms with Gasteiger partial charge in [-0.1, -0.05) is 0 Å². The van der Waals surface area contributed by atoms with E-state index in [0.29, 0.717) is 13.0 Å². The van der Waals surface area contributed by atoms with Gasteiger partial charge in [0.2, 0.25) is 11.8 Å². The number of amides is 2. The van der Waals surface area contributed by atoms with E-state index < -0.39 is 6.04 Å². The molecular formula is C10H16N2O3. The molecule has 1 fully saturated rings. The van der Waals surface area contributed by atoms with Crippen LogP contribution in [0.25, 0.3) is 0 Å². The number of nitrogens with zero attached hydrogens (tertiary/aromatic N) is 1. The fourth-order valence-corrected chi connectivity index (χ4v) is 1.51. The van der Waals surface area contributed by atoms with E-state index in [2.05, 4.69) is 5.32 Å². The van der Waals surface area contributed by atoms with Crippen LogP contribution in [0.5, 0.6) is 0 Å². The van der Waals surface area contributed by atoms with Crippen molar-refractivity contribution in [1.29, 1.82) is 0 Å². The summed E-state index contributed by atoms with van der Waals surface area (Å²) in [5, 5.41) is 2.63. The number of carbonyl (C=O) groups is 3. The van der Waals surface area contributed by atoms with Gasteiger partial charge in [0.15, 0.2) is 0 Å². The highest BCUT2D eigenvalue weighted by molar-refractivity contribution is 5.90. The molecule has 1 atom stereocenters. The van der Waals surface area contributed by atoms with E-state index in [9.17, 15) is 14.4 Å². The number of carbonyl (C=O) groups excluding carboxylic acids is 3. The SMILES string of the molecule is CC(=O)CCC(=O)NC1CCN(C)C1=O. The fraction of sp³-hybridized carbons (Fsp3) is 0.700. The number of nitrogens with one attached hydrogen (secondary N) is 1. The van der Waals surface area contributed by atoms with Crippen molar-refractivity contribution < 1.29 is 14.4 Å². The van der Waals surface area contributed by atoms with E-state index in [1.807, 2.05) is 0 Å². The van der Waals surface area contributed by atoms with Gasteiger partial charge in [-0.2, -0.15) is 0 Å². The third kappa shape index (κ3) is 3.34. The Balaban J connectivity index is 2.32. The molecule has 1 heterocycles. The number of ketones is 1. The average molecular weight is 212 g/mol. The molecule has 84 valence electrons. The van der Waals surface area contributed by atoms with Crippen molar-refractivity contribution in [3.63, 3.8) is 0 Å². The van der Waals surface area contributed by atoms with Crippen LogP contribution in [-0.2, 0) is 14.4 Å².